The molecule has 0 aliphatic heterocycles. The van der Waals surface area contributed by atoms with Crippen LogP contribution in [0, 0.1) is 0 Å². The molecule has 0 N–H and O–H groups in total. The predicted octanol–water partition coefficient (Wildman–Crippen LogP) is 4.80. The summed E-state index contributed by atoms with van der Waals surface area (Å²) in [6, 6.07) is 24.1. The maximum atomic E-state index is 13.6. The summed E-state index contributed by atoms with van der Waals surface area (Å²) in [7, 11) is 0. The van der Waals surface area contributed by atoms with E-state index in [1.807, 2.05) is 47.3 Å². The molecule has 1 heterocycles. The van der Waals surface area contributed by atoms with Gasteiger partial charge in [0.05, 0.1) is 0 Å². The molecule has 0 saturated carbocycles. The number of hydrogen-bond donors (Lipinski definition) is 0. The number of halogens is 1. The van der Waals surface area contributed by atoms with Gasteiger partial charge in [-0.1, -0.05) is 66.2 Å². The van der Waals surface area contributed by atoms with E-state index in [0.717, 1.165) is 10.8 Å². The van der Waals surface area contributed by atoms with Gasteiger partial charge < -0.3 is 0 Å². The van der Waals surface area contributed by atoms with Gasteiger partial charge in [-0.2, -0.15) is 0 Å². The predicted molar refractivity (Wildman–Crippen MR) is 112 cm³/mol. The summed E-state index contributed by atoms with van der Waals surface area (Å²) < 4.78 is 1.93. The molecule has 0 saturated heterocycles. The van der Waals surface area contributed by atoms with Crippen LogP contribution in [0.25, 0.3) is 10.8 Å². The third kappa shape index (κ3) is 2.70. The molecule has 140 valence electrons. The number of carbonyl (C=O) groups excluding carboxylic acids is 2. The number of carbonyl (C=O) groups is 2. The first-order valence-electron chi connectivity index (χ1n) is 9.42. The van der Waals surface area contributed by atoms with E-state index in [-0.39, 0.29) is 18.1 Å². The fraction of sp³-hybridized carbons (Fsp3) is 0.0800. The van der Waals surface area contributed by atoms with Crippen LogP contribution in [-0.4, -0.2) is 11.6 Å². The third-order valence-electron chi connectivity index (χ3n) is 5.69. The molecule has 4 aromatic rings. The highest BCUT2D eigenvalue weighted by molar-refractivity contribution is 6.33. The van der Waals surface area contributed by atoms with Crippen LogP contribution in [-0.2, 0) is 12.0 Å². The summed E-state index contributed by atoms with van der Waals surface area (Å²) >= 11 is 6.08. The molecule has 5 rings (SSSR count). The highest BCUT2D eigenvalue weighted by Crippen LogP contribution is 2.40. The lowest BCUT2D eigenvalue weighted by Gasteiger charge is -2.23. The maximum absolute atomic E-state index is 13.6. The Hall–Kier alpha value is -3.30. The Bertz CT molecular complexity index is 1240. The lowest BCUT2D eigenvalue weighted by Crippen LogP contribution is -2.52. The third-order valence-corrected chi connectivity index (χ3v) is 5.95. The van der Waals surface area contributed by atoms with Gasteiger partial charge in [-0.05, 0) is 29.1 Å². The Labute approximate surface area is 173 Å². The lowest BCUT2D eigenvalue weighted by molar-refractivity contribution is -0.699. The molecule has 29 heavy (non-hydrogen) atoms. The molecule has 1 aromatic heterocycles. The van der Waals surface area contributed by atoms with Crippen LogP contribution in [0.5, 0.6) is 0 Å². The van der Waals surface area contributed by atoms with Crippen molar-refractivity contribution in [3.8, 4) is 0 Å². The van der Waals surface area contributed by atoms with Gasteiger partial charge in [-0.25, -0.2) is 4.57 Å². The zero-order valence-corrected chi connectivity index (χ0v) is 16.3. The molecule has 0 spiro atoms. The zero-order valence-electron chi connectivity index (χ0n) is 15.5. The second kappa shape index (κ2) is 6.64. The van der Waals surface area contributed by atoms with Crippen molar-refractivity contribution >= 4 is 33.9 Å². The summed E-state index contributed by atoms with van der Waals surface area (Å²) in [6.07, 6.45) is 3.90. The van der Waals surface area contributed by atoms with Crippen molar-refractivity contribution in [2.75, 3.05) is 0 Å². The molecule has 3 aromatic carbocycles. The van der Waals surface area contributed by atoms with Gasteiger partial charge in [0.15, 0.2) is 35.9 Å². The number of hydrogen-bond acceptors (Lipinski definition) is 2. The zero-order chi connectivity index (χ0) is 20.0. The summed E-state index contributed by atoms with van der Waals surface area (Å²) in [5, 5.41) is 2.73. The quantitative estimate of drug-likeness (QED) is 0.367. The van der Waals surface area contributed by atoms with Gasteiger partial charge in [-0.3, -0.25) is 9.59 Å². The number of aromatic nitrogens is 1. The van der Waals surface area contributed by atoms with Crippen molar-refractivity contribution in [2.45, 2.75) is 12.0 Å². The monoisotopic (exact) mass is 398 g/mol. The number of benzene rings is 3. The van der Waals surface area contributed by atoms with Crippen molar-refractivity contribution in [3.63, 3.8) is 0 Å². The average Bonchev–Trinajstić information content (AvgIpc) is 2.97. The Balaban J connectivity index is 1.70. The second-order valence-electron chi connectivity index (χ2n) is 7.36. The number of rotatable bonds is 3. The first-order chi connectivity index (χ1) is 14.1. The highest BCUT2D eigenvalue weighted by Gasteiger charge is 2.57. The van der Waals surface area contributed by atoms with Crippen LogP contribution in [0.15, 0.2) is 91.3 Å². The standard InChI is InChI=1S/C25H17ClNO2/c26-20-11-9-19(10-12-20)25(23(28)21-7-3-4-8-22(21)24(25)29)16-27-14-13-17-5-1-2-6-18(17)15-27/h1-15H,16H2/q+1. The van der Waals surface area contributed by atoms with E-state index in [2.05, 4.69) is 0 Å². The van der Waals surface area contributed by atoms with Crippen molar-refractivity contribution in [1.29, 1.82) is 0 Å². The van der Waals surface area contributed by atoms with Crippen molar-refractivity contribution in [1.82, 2.24) is 0 Å². The van der Waals surface area contributed by atoms with E-state index >= 15 is 0 Å². The van der Waals surface area contributed by atoms with Crippen LogP contribution in [0.4, 0.5) is 0 Å². The van der Waals surface area contributed by atoms with Gasteiger partial charge in [0.25, 0.3) is 0 Å². The van der Waals surface area contributed by atoms with Crippen LogP contribution in [0.3, 0.4) is 0 Å². The van der Waals surface area contributed by atoms with Crippen LogP contribution in [0.1, 0.15) is 26.3 Å². The van der Waals surface area contributed by atoms with E-state index in [1.54, 1.807) is 48.5 Å². The lowest BCUT2D eigenvalue weighted by atomic mass is 9.75. The molecule has 0 amide bonds. The normalized spacial score (nSPS) is 14.9. The van der Waals surface area contributed by atoms with E-state index in [9.17, 15) is 9.59 Å². The Morgan fingerprint density at radius 1 is 0.724 bits per heavy atom. The molecule has 4 heteroatoms. The molecule has 0 bridgehead atoms. The van der Waals surface area contributed by atoms with Crippen molar-refractivity contribution in [3.05, 3.63) is 113 Å². The fourth-order valence-electron chi connectivity index (χ4n) is 4.22. The molecular weight excluding hydrogens is 382 g/mol. The van der Waals surface area contributed by atoms with Gasteiger partial charge in [0, 0.05) is 27.6 Å². The smallest absolute Gasteiger partial charge is 0.188 e. The fourth-order valence-corrected chi connectivity index (χ4v) is 4.35. The number of ketones is 2. The summed E-state index contributed by atoms with van der Waals surface area (Å²) in [5.41, 5.74) is 0.318. The Morgan fingerprint density at radius 2 is 1.31 bits per heavy atom. The van der Waals surface area contributed by atoms with E-state index in [1.165, 1.54) is 0 Å². The maximum Gasteiger partial charge on any atom is 0.188 e. The molecule has 1 aliphatic rings. The Morgan fingerprint density at radius 3 is 1.97 bits per heavy atom. The number of nitrogens with zero attached hydrogens (tertiary/aromatic N) is 1. The molecule has 0 unspecified atom stereocenters. The van der Waals surface area contributed by atoms with E-state index < -0.39 is 5.41 Å². The van der Waals surface area contributed by atoms with E-state index in [4.69, 9.17) is 11.6 Å². The van der Waals surface area contributed by atoms with Gasteiger partial charge in [0.2, 0.25) is 0 Å². The van der Waals surface area contributed by atoms with Gasteiger partial charge >= 0.3 is 0 Å². The number of pyridine rings is 1. The van der Waals surface area contributed by atoms with Crippen LogP contribution in [0.2, 0.25) is 5.02 Å². The van der Waals surface area contributed by atoms with Gasteiger partial charge in [-0.15, -0.1) is 0 Å². The topological polar surface area (TPSA) is 38.0 Å². The molecule has 0 atom stereocenters. The van der Waals surface area contributed by atoms with Crippen molar-refractivity contribution < 1.29 is 14.2 Å². The van der Waals surface area contributed by atoms with E-state index in [0.29, 0.717) is 21.7 Å². The first-order valence-corrected chi connectivity index (χ1v) is 9.80. The molecule has 0 fully saturated rings. The number of fused-ring (bicyclic) bond motifs is 2. The van der Waals surface area contributed by atoms with Crippen LogP contribution < -0.4 is 4.57 Å². The SMILES string of the molecule is O=C1c2ccccc2C(=O)C1(C[n+]1ccc2ccccc2c1)c1ccc(Cl)cc1. The molecular formula is C25H17ClNO2+. The largest absolute Gasteiger partial charge is 0.292 e. The summed E-state index contributed by atoms with van der Waals surface area (Å²) in [5.74, 6) is -0.331. The average molecular weight is 399 g/mol. The summed E-state index contributed by atoms with van der Waals surface area (Å²) in [6.45, 7) is 0.228. The first kappa shape index (κ1) is 17.8. The van der Waals surface area contributed by atoms with Crippen LogP contribution >= 0.6 is 11.6 Å². The molecule has 1 aliphatic carbocycles. The number of Topliss-reactive ketones (excluding diaryl/α,β-unsaturated/α-hetero) is 2. The minimum Gasteiger partial charge on any atom is -0.292 e. The second-order valence-corrected chi connectivity index (χ2v) is 7.80. The minimum atomic E-state index is -1.30. The minimum absolute atomic E-state index is 0.166. The van der Waals surface area contributed by atoms with Crippen molar-refractivity contribution in [2.24, 2.45) is 0 Å². The highest BCUT2D eigenvalue weighted by atomic mass is 35.5. The molecule has 3 nitrogen and oxygen atoms in total. The Kier molecular flexibility index (Phi) is 4.07. The molecule has 0 radical (unpaired) electrons. The van der Waals surface area contributed by atoms with Gasteiger partial charge in [0.1, 0.15) is 0 Å². The summed E-state index contributed by atoms with van der Waals surface area (Å²) in [4.78, 5) is 27.2.